The molecule has 0 unspecified atom stereocenters. The predicted octanol–water partition coefficient (Wildman–Crippen LogP) is 5.02. The highest BCUT2D eigenvalue weighted by Crippen LogP contribution is 2.37. The minimum atomic E-state index is 0.785. The van der Waals surface area contributed by atoms with Gasteiger partial charge in [0.15, 0.2) is 6.20 Å². The van der Waals surface area contributed by atoms with Crippen molar-refractivity contribution >= 4 is 10.8 Å². The second kappa shape index (κ2) is 6.58. The fourth-order valence-corrected chi connectivity index (χ4v) is 3.84. The van der Waals surface area contributed by atoms with Crippen molar-refractivity contribution in [2.24, 2.45) is 7.05 Å². The summed E-state index contributed by atoms with van der Waals surface area (Å²) >= 11 is 0. The maximum absolute atomic E-state index is 4.46. The maximum Gasteiger partial charge on any atom is 0.221 e. The third-order valence-corrected chi connectivity index (χ3v) is 5.29. The van der Waals surface area contributed by atoms with Crippen LogP contribution in [0.15, 0.2) is 55.0 Å². The molecule has 0 fully saturated rings. The Bertz CT molecular complexity index is 1160. The molecule has 27 heavy (non-hydrogen) atoms. The van der Waals surface area contributed by atoms with Crippen LogP contribution in [0.25, 0.3) is 33.2 Å². The van der Waals surface area contributed by atoms with Crippen LogP contribution in [-0.4, -0.2) is 9.97 Å². The highest BCUT2D eigenvalue weighted by Gasteiger charge is 2.24. The fraction of sp³-hybridized carbons (Fsp3) is 0.208. The number of hydrogen-bond donors (Lipinski definition) is 0. The van der Waals surface area contributed by atoms with Gasteiger partial charge < -0.3 is 0 Å². The molecule has 2 aromatic carbocycles. The molecule has 4 aromatic rings. The second-order valence-electron chi connectivity index (χ2n) is 7.32. The second-order valence-corrected chi connectivity index (χ2v) is 7.32. The highest BCUT2D eigenvalue weighted by molar-refractivity contribution is 6.01. The first-order valence-corrected chi connectivity index (χ1v) is 9.24. The van der Waals surface area contributed by atoms with Gasteiger partial charge in [-0.05, 0) is 51.0 Å². The van der Waals surface area contributed by atoms with Crippen molar-refractivity contribution in [3.05, 3.63) is 77.5 Å². The number of aryl methyl sites for hydroxylation is 4. The van der Waals surface area contributed by atoms with E-state index in [1.165, 1.54) is 44.3 Å². The largest absolute Gasteiger partial charge is 0.241 e. The standard InChI is InChI=1S/C24H24N3/c1-15-10-16(2)17(3)22(11-15)24-23(20-12-25-18(4)26-13-20)21-9-7-6-8-19(21)14-27(24)5/h6-14H,1-5H3/q+1. The molecule has 0 N–H and O–H groups in total. The van der Waals surface area contributed by atoms with Crippen LogP contribution in [0, 0.1) is 27.7 Å². The minimum Gasteiger partial charge on any atom is -0.241 e. The van der Waals surface area contributed by atoms with E-state index in [0.29, 0.717) is 0 Å². The lowest BCUT2D eigenvalue weighted by Crippen LogP contribution is -2.31. The monoisotopic (exact) mass is 354 g/mol. The Morgan fingerprint density at radius 2 is 1.59 bits per heavy atom. The zero-order chi connectivity index (χ0) is 19.1. The van der Waals surface area contributed by atoms with Crippen molar-refractivity contribution < 1.29 is 4.57 Å². The molecule has 134 valence electrons. The van der Waals surface area contributed by atoms with Crippen LogP contribution in [0.2, 0.25) is 0 Å². The Kier molecular flexibility index (Phi) is 4.23. The summed E-state index contributed by atoms with van der Waals surface area (Å²) in [5.41, 5.74) is 8.57. The zero-order valence-corrected chi connectivity index (χ0v) is 16.5. The number of nitrogens with zero attached hydrogens (tertiary/aromatic N) is 3. The lowest BCUT2D eigenvalue weighted by atomic mass is 9.91. The first-order chi connectivity index (χ1) is 13.0. The summed E-state index contributed by atoms with van der Waals surface area (Å²) in [4.78, 5) is 8.93. The number of hydrogen-bond acceptors (Lipinski definition) is 2. The van der Waals surface area contributed by atoms with Crippen molar-refractivity contribution in [2.45, 2.75) is 27.7 Å². The Morgan fingerprint density at radius 1 is 0.889 bits per heavy atom. The molecule has 0 bridgehead atoms. The van der Waals surface area contributed by atoms with E-state index < -0.39 is 0 Å². The lowest BCUT2D eigenvalue weighted by Gasteiger charge is -2.15. The Morgan fingerprint density at radius 3 is 2.33 bits per heavy atom. The average molecular weight is 354 g/mol. The van der Waals surface area contributed by atoms with E-state index >= 15 is 0 Å². The average Bonchev–Trinajstić information content (AvgIpc) is 2.64. The van der Waals surface area contributed by atoms with E-state index in [1.807, 2.05) is 19.3 Å². The van der Waals surface area contributed by atoms with E-state index in [9.17, 15) is 0 Å². The number of benzene rings is 2. The SMILES string of the molecule is Cc1cc(C)c(C)c(-c2c(-c3cnc(C)nc3)c3ccccc3c[n+]2C)c1. The molecule has 0 aliphatic rings. The predicted molar refractivity (Wildman–Crippen MR) is 111 cm³/mol. The van der Waals surface area contributed by atoms with Crippen molar-refractivity contribution in [3.63, 3.8) is 0 Å². The van der Waals surface area contributed by atoms with Crippen LogP contribution in [0.5, 0.6) is 0 Å². The van der Waals surface area contributed by atoms with E-state index in [0.717, 1.165) is 11.4 Å². The highest BCUT2D eigenvalue weighted by atomic mass is 14.9. The Hall–Kier alpha value is -3.07. The van der Waals surface area contributed by atoms with Gasteiger partial charge in [-0.25, -0.2) is 9.97 Å². The molecule has 0 radical (unpaired) electrons. The summed E-state index contributed by atoms with van der Waals surface area (Å²) in [6.07, 6.45) is 6.08. The van der Waals surface area contributed by atoms with E-state index in [2.05, 4.69) is 84.9 Å². The van der Waals surface area contributed by atoms with Crippen molar-refractivity contribution in [3.8, 4) is 22.4 Å². The number of fused-ring (bicyclic) bond motifs is 1. The molecule has 3 nitrogen and oxygen atoms in total. The van der Waals surface area contributed by atoms with Gasteiger partial charge in [-0.3, -0.25) is 0 Å². The van der Waals surface area contributed by atoms with Gasteiger partial charge in [-0.1, -0.05) is 29.8 Å². The van der Waals surface area contributed by atoms with Crippen molar-refractivity contribution in [1.29, 1.82) is 0 Å². The van der Waals surface area contributed by atoms with E-state index in [1.54, 1.807) is 0 Å². The van der Waals surface area contributed by atoms with Gasteiger partial charge in [0.05, 0.1) is 11.1 Å². The van der Waals surface area contributed by atoms with Crippen LogP contribution in [0.1, 0.15) is 22.5 Å². The van der Waals surface area contributed by atoms with Crippen LogP contribution < -0.4 is 4.57 Å². The van der Waals surface area contributed by atoms with Gasteiger partial charge in [-0.15, -0.1) is 0 Å². The molecular formula is C24H24N3+. The van der Waals surface area contributed by atoms with Crippen LogP contribution in [0.3, 0.4) is 0 Å². The molecule has 0 saturated carbocycles. The first kappa shape index (κ1) is 17.3. The minimum absolute atomic E-state index is 0.785. The molecule has 0 aliphatic carbocycles. The quantitative estimate of drug-likeness (QED) is 0.473. The van der Waals surface area contributed by atoms with Gasteiger partial charge in [0.1, 0.15) is 12.9 Å². The molecule has 0 amide bonds. The smallest absolute Gasteiger partial charge is 0.221 e. The molecule has 0 saturated heterocycles. The van der Waals surface area contributed by atoms with Gasteiger partial charge in [0.25, 0.3) is 0 Å². The molecule has 3 heteroatoms. The fourth-order valence-electron chi connectivity index (χ4n) is 3.84. The summed E-state index contributed by atoms with van der Waals surface area (Å²) < 4.78 is 2.23. The molecule has 0 spiro atoms. The normalized spacial score (nSPS) is 11.1. The number of aromatic nitrogens is 3. The van der Waals surface area contributed by atoms with Gasteiger partial charge in [0, 0.05) is 28.7 Å². The van der Waals surface area contributed by atoms with Crippen molar-refractivity contribution in [1.82, 2.24) is 9.97 Å². The number of rotatable bonds is 2. The summed E-state index contributed by atoms with van der Waals surface area (Å²) in [7, 11) is 2.12. The third kappa shape index (κ3) is 2.99. The first-order valence-electron chi connectivity index (χ1n) is 9.24. The van der Waals surface area contributed by atoms with E-state index in [-0.39, 0.29) is 0 Å². The molecule has 4 rings (SSSR count). The maximum atomic E-state index is 4.46. The third-order valence-electron chi connectivity index (χ3n) is 5.29. The van der Waals surface area contributed by atoms with Crippen LogP contribution in [-0.2, 0) is 7.05 Å². The Balaban J connectivity index is 2.17. The molecule has 0 atom stereocenters. The van der Waals surface area contributed by atoms with Gasteiger partial charge in [-0.2, -0.15) is 4.57 Å². The summed E-state index contributed by atoms with van der Waals surface area (Å²) in [5, 5.41) is 2.43. The number of pyridine rings is 1. The summed E-state index contributed by atoms with van der Waals surface area (Å²) in [6, 6.07) is 13.1. The van der Waals surface area contributed by atoms with Gasteiger partial charge >= 0.3 is 0 Å². The van der Waals surface area contributed by atoms with Crippen LogP contribution in [0.4, 0.5) is 0 Å². The van der Waals surface area contributed by atoms with Gasteiger partial charge in [0.2, 0.25) is 5.69 Å². The topological polar surface area (TPSA) is 29.7 Å². The lowest BCUT2D eigenvalue weighted by molar-refractivity contribution is -0.658. The molecular weight excluding hydrogens is 330 g/mol. The molecule has 0 aliphatic heterocycles. The zero-order valence-electron chi connectivity index (χ0n) is 16.5. The van der Waals surface area contributed by atoms with E-state index in [4.69, 9.17) is 0 Å². The molecule has 2 heterocycles. The Labute approximate surface area is 160 Å². The summed E-state index contributed by atoms with van der Waals surface area (Å²) in [5.74, 6) is 0.785. The van der Waals surface area contributed by atoms with Crippen LogP contribution >= 0.6 is 0 Å². The summed E-state index contributed by atoms with van der Waals surface area (Å²) in [6.45, 7) is 8.46. The van der Waals surface area contributed by atoms with Crippen molar-refractivity contribution in [2.75, 3.05) is 0 Å². The molecule has 2 aromatic heterocycles.